The summed E-state index contributed by atoms with van der Waals surface area (Å²) in [5.41, 5.74) is 6.10. The molecule has 0 saturated carbocycles. The van der Waals surface area contributed by atoms with Crippen molar-refractivity contribution in [3.05, 3.63) is 83.3 Å². The Balaban J connectivity index is 1.47. The highest BCUT2D eigenvalue weighted by Crippen LogP contribution is 2.36. The molecule has 7 heteroatoms. The molecule has 2 heterocycles. The summed E-state index contributed by atoms with van der Waals surface area (Å²) in [4.78, 5) is 16.3. The number of aromatic amines is 1. The second kappa shape index (κ2) is 10.7. The maximum atomic E-state index is 13.0. The van der Waals surface area contributed by atoms with Crippen LogP contribution in [0, 0.1) is 6.92 Å². The van der Waals surface area contributed by atoms with E-state index in [0.717, 1.165) is 61.9 Å². The minimum Gasteiger partial charge on any atom is -0.493 e. The van der Waals surface area contributed by atoms with Gasteiger partial charge >= 0.3 is 5.97 Å². The number of carbonyl (C=O) groups is 1. The lowest BCUT2D eigenvalue weighted by Crippen LogP contribution is -2.09. The molecular weight excluding hydrogens is 486 g/mol. The van der Waals surface area contributed by atoms with E-state index in [1.807, 2.05) is 68.0 Å². The van der Waals surface area contributed by atoms with E-state index in [1.165, 1.54) is 0 Å². The van der Waals surface area contributed by atoms with Crippen molar-refractivity contribution in [3.8, 4) is 16.9 Å². The lowest BCUT2D eigenvalue weighted by Gasteiger charge is -2.10. The number of rotatable bonds is 9. The molecule has 0 spiro atoms. The van der Waals surface area contributed by atoms with Crippen LogP contribution in [0.1, 0.15) is 40.8 Å². The Kier molecular flexibility index (Phi) is 7.19. The van der Waals surface area contributed by atoms with Gasteiger partial charge in [-0.05, 0) is 43.7 Å². The zero-order valence-corrected chi connectivity index (χ0v) is 22.1. The largest absolute Gasteiger partial charge is 0.493 e. The number of ether oxygens (including phenoxy) is 2. The van der Waals surface area contributed by atoms with E-state index in [9.17, 15) is 4.79 Å². The van der Waals surface area contributed by atoms with E-state index in [4.69, 9.17) is 21.1 Å². The fourth-order valence-corrected chi connectivity index (χ4v) is 5.18. The summed E-state index contributed by atoms with van der Waals surface area (Å²) in [6, 6.07) is 20.4. The topological polar surface area (TPSA) is 69.1 Å². The van der Waals surface area contributed by atoms with Gasteiger partial charge in [0.2, 0.25) is 0 Å². The van der Waals surface area contributed by atoms with Gasteiger partial charge in [0.15, 0.2) is 0 Å². The summed E-state index contributed by atoms with van der Waals surface area (Å²) in [5, 5.41) is 7.82. The first kappa shape index (κ1) is 24.9. The maximum absolute atomic E-state index is 13.0. The smallest absolute Gasteiger partial charge is 0.355 e. The van der Waals surface area contributed by atoms with Gasteiger partial charge in [-0.1, -0.05) is 54.6 Å². The summed E-state index contributed by atoms with van der Waals surface area (Å²) in [5.74, 6) is 0.817. The Hall–Kier alpha value is -3.77. The molecule has 0 fully saturated rings. The summed E-state index contributed by atoms with van der Waals surface area (Å²) < 4.78 is 13.4. The van der Waals surface area contributed by atoms with Crippen LogP contribution >= 0.6 is 11.6 Å². The second-order valence-electron chi connectivity index (χ2n) is 9.02. The van der Waals surface area contributed by atoms with Crippen molar-refractivity contribution >= 4 is 39.2 Å². The highest BCUT2D eigenvalue weighted by molar-refractivity contribution is 6.17. The molecule has 0 atom stereocenters. The van der Waals surface area contributed by atoms with Crippen molar-refractivity contribution in [2.45, 2.75) is 32.6 Å². The number of halogens is 1. The molecule has 1 N–H and O–H groups in total. The summed E-state index contributed by atoms with van der Waals surface area (Å²) in [7, 11) is 1.91. The Morgan fingerprint density at radius 1 is 1.05 bits per heavy atom. The first-order chi connectivity index (χ1) is 18.0. The summed E-state index contributed by atoms with van der Waals surface area (Å²) >= 11 is 6.24. The number of benzene rings is 3. The predicted octanol–water partition coefficient (Wildman–Crippen LogP) is 6.96. The first-order valence-corrected chi connectivity index (χ1v) is 13.1. The summed E-state index contributed by atoms with van der Waals surface area (Å²) in [6.45, 7) is 4.68. The standard InChI is InChI=1S/C30H30ClN3O3/c1-4-36-30(35)29-23(15-9-17-37-26-16-7-11-20-10-5-6-12-21(20)26)22-13-8-14-24(28(22)32-29)27-19(2)34(3)33-25(27)18-31/h5-8,10-14,16,32H,4,9,15,17-18H2,1-3H3. The highest BCUT2D eigenvalue weighted by Gasteiger charge is 2.23. The number of hydrogen-bond donors (Lipinski definition) is 1. The number of hydrogen-bond acceptors (Lipinski definition) is 4. The Morgan fingerprint density at radius 3 is 2.62 bits per heavy atom. The van der Waals surface area contributed by atoms with Gasteiger partial charge in [-0.15, -0.1) is 11.6 Å². The lowest BCUT2D eigenvalue weighted by atomic mass is 9.98. The van der Waals surface area contributed by atoms with Gasteiger partial charge in [0.05, 0.1) is 30.3 Å². The number of fused-ring (bicyclic) bond motifs is 2. The van der Waals surface area contributed by atoms with Gasteiger partial charge in [0, 0.05) is 34.6 Å². The number of aromatic nitrogens is 3. The Labute approximate surface area is 221 Å². The normalized spacial score (nSPS) is 11.4. The minimum absolute atomic E-state index is 0.303. The third-order valence-corrected chi connectivity index (χ3v) is 7.05. The zero-order valence-electron chi connectivity index (χ0n) is 21.3. The quantitative estimate of drug-likeness (QED) is 0.131. The van der Waals surface area contributed by atoms with Crippen molar-refractivity contribution in [2.75, 3.05) is 13.2 Å². The number of esters is 1. The first-order valence-electron chi connectivity index (χ1n) is 12.5. The molecule has 3 aromatic carbocycles. The highest BCUT2D eigenvalue weighted by atomic mass is 35.5. The molecule has 0 bridgehead atoms. The third kappa shape index (κ3) is 4.69. The van der Waals surface area contributed by atoms with Crippen LogP contribution in [0.3, 0.4) is 0 Å². The van der Waals surface area contributed by atoms with Gasteiger partial charge in [-0.2, -0.15) is 5.10 Å². The molecule has 0 unspecified atom stereocenters. The molecule has 0 aliphatic heterocycles. The van der Waals surface area contributed by atoms with Gasteiger partial charge in [-0.3, -0.25) is 4.68 Å². The van der Waals surface area contributed by atoms with Crippen LogP contribution in [0.15, 0.2) is 60.7 Å². The van der Waals surface area contributed by atoms with Crippen molar-refractivity contribution in [1.29, 1.82) is 0 Å². The fourth-order valence-electron chi connectivity index (χ4n) is 4.99. The van der Waals surface area contributed by atoms with E-state index in [0.29, 0.717) is 31.2 Å². The molecule has 190 valence electrons. The monoisotopic (exact) mass is 515 g/mol. The van der Waals surface area contributed by atoms with Crippen molar-refractivity contribution in [2.24, 2.45) is 7.05 Å². The molecule has 5 rings (SSSR count). The molecule has 37 heavy (non-hydrogen) atoms. The van der Waals surface area contributed by atoms with Crippen LogP contribution in [-0.2, 0) is 24.1 Å². The van der Waals surface area contributed by atoms with Crippen LogP contribution in [0.2, 0.25) is 0 Å². The average Bonchev–Trinajstić information content (AvgIpc) is 3.43. The van der Waals surface area contributed by atoms with Gasteiger partial charge < -0.3 is 14.5 Å². The third-order valence-electron chi connectivity index (χ3n) is 6.80. The maximum Gasteiger partial charge on any atom is 0.355 e. The molecule has 0 aliphatic rings. The Morgan fingerprint density at radius 2 is 1.81 bits per heavy atom. The molecule has 0 aliphatic carbocycles. The van der Waals surface area contributed by atoms with Crippen LogP contribution in [-0.4, -0.2) is 33.9 Å². The van der Waals surface area contributed by atoms with Crippen molar-refractivity contribution in [1.82, 2.24) is 14.8 Å². The SMILES string of the molecule is CCOC(=O)c1[nH]c2c(-c3c(CCl)nn(C)c3C)cccc2c1CCCOc1cccc2ccccc12. The number of carbonyl (C=O) groups excluding carboxylic acids is 1. The molecule has 0 saturated heterocycles. The minimum atomic E-state index is -0.352. The number of para-hydroxylation sites is 1. The van der Waals surface area contributed by atoms with E-state index in [-0.39, 0.29) is 5.97 Å². The molecule has 6 nitrogen and oxygen atoms in total. The molecular formula is C30H30ClN3O3. The van der Waals surface area contributed by atoms with Crippen LogP contribution < -0.4 is 4.74 Å². The number of nitrogens with one attached hydrogen (secondary N) is 1. The van der Waals surface area contributed by atoms with E-state index >= 15 is 0 Å². The number of aryl methyl sites for hydroxylation is 2. The van der Waals surface area contributed by atoms with Crippen LogP contribution in [0.25, 0.3) is 32.8 Å². The number of nitrogens with zero attached hydrogens (tertiary/aromatic N) is 2. The molecule has 5 aromatic rings. The summed E-state index contributed by atoms with van der Waals surface area (Å²) in [6.07, 6.45) is 1.41. The predicted molar refractivity (Wildman–Crippen MR) is 149 cm³/mol. The lowest BCUT2D eigenvalue weighted by molar-refractivity contribution is 0.0519. The van der Waals surface area contributed by atoms with Gasteiger partial charge in [0.25, 0.3) is 0 Å². The van der Waals surface area contributed by atoms with E-state index < -0.39 is 0 Å². The van der Waals surface area contributed by atoms with Gasteiger partial charge in [0.1, 0.15) is 11.4 Å². The molecule has 0 amide bonds. The number of alkyl halides is 1. The fraction of sp³-hybridized carbons (Fsp3) is 0.267. The molecule has 0 radical (unpaired) electrons. The van der Waals surface area contributed by atoms with E-state index in [2.05, 4.69) is 28.3 Å². The van der Waals surface area contributed by atoms with Crippen LogP contribution in [0.4, 0.5) is 0 Å². The second-order valence-corrected chi connectivity index (χ2v) is 9.29. The zero-order chi connectivity index (χ0) is 25.9. The van der Waals surface area contributed by atoms with E-state index in [1.54, 1.807) is 0 Å². The van der Waals surface area contributed by atoms with Crippen molar-refractivity contribution < 1.29 is 14.3 Å². The van der Waals surface area contributed by atoms with Crippen molar-refractivity contribution in [3.63, 3.8) is 0 Å². The van der Waals surface area contributed by atoms with Gasteiger partial charge in [-0.25, -0.2) is 4.79 Å². The Bertz CT molecular complexity index is 1580. The molecule has 2 aromatic heterocycles. The van der Waals surface area contributed by atoms with Crippen LogP contribution in [0.5, 0.6) is 5.75 Å². The number of H-pyrrole nitrogens is 1. The average molecular weight is 516 g/mol.